The summed E-state index contributed by atoms with van der Waals surface area (Å²) in [6.07, 6.45) is 12.4. The van der Waals surface area contributed by atoms with Crippen molar-refractivity contribution in [2.75, 3.05) is 39.3 Å². The van der Waals surface area contributed by atoms with Gasteiger partial charge in [0.1, 0.15) is 5.75 Å². The molecular weight excluding hydrogens is 514 g/mol. The number of ether oxygens (including phenoxy) is 3. The summed E-state index contributed by atoms with van der Waals surface area (Å²) in [6, 6.07) is 15.1. The molecule has 2 unspecified atom stereocenters. The van der Waals surface area contributed by atoms with Gasteiger partial charge in [-0.25, -0.2) is 9.59 Å². The van der Waals surface area contributed by atoms with Crippen LogP contribution in [0.25, 0.3) is 6.08 Å². The Kier molecular flexibility index (Phi) is 18.7. The van der Waals surface area contributed by atoms with Gasteiger partial charge >= 0.3 is 11.9 Å². The number of carbonyl (C=O) groups excluding carboxylic acids is 2. The summed E-state index contributed by atoms with van der Waals surface area (Å²) in [6.45, 7) is 9.70. The van der Waals surface area contributed by atoms with Crippen LogP contribution in [0.3, 0.4) is 0 Å². The minimum Gasteiger partial charge on any atom is -0.497 e. The van der Waals surface area contributed by atoms with E-state index in [-0.39, 0.29) is 11.9 Å². The Morgan fingerprint density at radius 1 is 0.780 bits per heavy atom. The first kappa shape index (κ1) is 35.7. The van der Waals surface area contributed by atoms with Gasteiger partial charge in [0.25, 0.3) is 0 Å². The summed E-state index contributed by atoms with van der Waals surface area (Å²) in [5.41, 5.74) is 2.66. The lowest BCUT2D eigenvalue weighted by Gasteiger charge is -2.15. The van der Waals surface area contributed by atoms with Crippen molar-refractivity contribution in [2.24, 2.45) is 11.8 Å². The largest absolute Gasteiger partial charge is 0.497 e. The quantitative estimate of drug-likeness (QED) is 0.141. The summed E-state index contributed by atoms with van der Waals surface area (Å²) in [4.78, 5) is 25.7. The standard InChI is InChI=1S/C18H26O3.C17H27NO2/c1-4-6-7-15(5-2)14-21-18(19)13-10-16-8-11-17(20-3)12-9-16;1-5-7-8-14(6-2)13-20-17(19)15-9-11-16(12-10-15)18(3)4/h8-13,15H,4-7,14H2,1-3H3;9-12,14H,5-8,13H2,1-4H3/b13-10+;. The zero-order chi connectivity index (χ0) is 30.5. The van der Waals surface area contributed by atoms with Crippen molar-refractivity contribution in [3.8, 4) is 5.75 Å². The van der Waals surface area contributed by atoms with Crippen LogP contribution in [0.5, 0.6) is 5.75 Å². The van der Waals surface area contributed by atoms with E-state index in [2.05, 4.69) is 27.7 Å². The Morgan fingerprint density at radius 2 is 1.32 bits per heavy atom. The van der Waals surface area contributed by atoms with Crippen LogP contribution in [0, 0.1) is 11.8 Å². The molecule has 0 heterocycles. The predicted molar refractivity (Wildman–Crippen MR) is 171 cm³/mol. The topological polar surface area (TPSA) is 65.1 Å². The van der Waals surface area contributed by atoms with Crippen LogP contribution < -0.4 is 9.64 Å². The van der Waals surface area contributed by atoms with E-state index in [9.17, 15) is 9.59 Å². The van der Waals surface area contributed by atoms with Gasteiger partial charge in [0.05, 0.1) is 25.9 Å². The number of methoxy groups -OCH3 is 1. The van der Waals surface area contributed by atoms with Crippen LogP contribution in [0.4, 0.5) is 5.69 Å². The van der Waals surface area contributed by atoms with Crippen molar-refractivity contribution < 1.29 is 23.8 Å². The molecule has 228 valence electrons. The third kappa shape index (κ3) is 15.3. The second-order valence-corrected chi connectivity index (χ2v) is 10.6. The van der Waals surface area contributed by atoms with Crippen molar-refractivity contribution in [1.82, 2.24) is 0 Å². The molecule has 2 aromatic carbocycles. The molecule has 2 rings (SSSR count). The van der Waals surface area contributed by atoms with E-state index in [1.807, 2.05) is 67.5 Å². The smallest absolute Gasteiger partial charge is 0.338 e. The molecule has 6 heteroatoms. The molecule has 0 amide bonds. The van der Waals surface area contributed by atoms with Crippen LogP contribution in [0.15, 0.2) is 54.6 Å². The van der Waals surface area contributed by atoms with Crippen LogP contribution in [-0.2, 0) is 14.3 Å². The van der Waals surface area contributed by atoms with E-state index in [1.54, 1.807) is 13.2 Å². The molecule has 0 saturated heterocycles. The fourth-order valence-corrected chi connectivity index (χ4v) is 4.10. The number of anilines is 1. The summed E-state index contributed by atoms with van der Waals surface area (Å²) in [5, 5.41) is 0. The molecule has 0 saturated carbocycles. The number of nitrogens with zero attached hydrogens (tertiary/aromatic N) is 1. The number of esters is 2. The molecule has 0 bridgehead atoms. The number of hydrogen-bond acceptors (Lipinski definition) is 6. The third-order valence-corrected chi connectivity index (χ3v) is 7.15. The molecule has 0 spiro atoms. The van der Waals surface area contributed by atoms with Crippen LogP contribution in [0.1, 0.15) is 95.0 Å². The molecule has 41 heavy (non-hydrogen) atoms. The Labute approximate surface area is 249 Å². The fourth-order valence-electron chi connectivity index (χ4n) is 4.10. The zero-order valence-corrected chi connectivity index (χ0v) is 26.5. The maximum absolute atomic E-state index is 12.0. The SMILES string of the molecule is CCCCC(CC)COC(=O)/C=C/c1ccc(OC)cc1.CCCCC(CC)COC(=O)c1ccc(N(C)C)cc1. The lowest BCUT2D eigenvalue weighted by Crippen LogP contribution is -2.14. The fraction of sp³-hybridized carbons (Fsp3) is 0.543. The summed E-state index contributed by atoms with van der Waals surface area (Å²) in [7, 11) is 5.59. The molecule has 0 N–H and O–H groups in total. The Bertz CT molecular complexity index is 998. The number of benzene rings is 2. The number of rotatable bonds is 17. The van der Waals surface area contributed by atoms with Crippen LogP contribution >= 0.6 is 0 Å². The molecule has 0 radical (unpaired) electrons. The van der Waals surface area contributed by atoms with Gasteiger partial charge in [0, 0.05) is 25.9 Å². The van der Waals surface area contributed by atoms with E-state index < -0.39 is 0 Å². The van der Waals surface area contributed by atoms with Gasteiger partial charge in [-0.2, -0.15) is 0 Å². The highest BCUT2D eigenvalue weighted by Gasteiger charge is 2.12. The highest BCUT2D eigenvalue weighted by Crippen LogP contribution is 2.17. The molecule has 6 nitrogen and oxygen atoms in total. The number of hydrogen-bond donors (Lipinski definition) is 0. The lowest BCUT2D eigenvalue weighted by molar-refractivity contribution is -0.139. The van der Waals surface area contributed by atoms with Crippen molar-refractivity contribution >= 4 is 23.7 Å². The summed E-state index contributed by atoms with van der Waals surface area (Å²) in [5.74, 6) is 1.27. The van der Waals surface area contributed by atoms with E-state index in [0.717, 1.165) is 42.7 Å². The van der Waals surface area contributed by atoms with Crippen molar-refractivity contribution in [1.29, 1.82) is 0 Å². The monoisotopic (exact) mass is 567 g/mol. The first-order valence-corrected chi connectivity index (χ1v) is 15.2. The van der Waals surface area contributed by atoms with Gasteiger partial charge in [-0.1, -0.05) is 78.4 Å². The van der Waals surface area contributed by atoms with Gasteiger partial charge in [-0.3, -0.25) is 0 Å². The van der Waals surface area contributed by atoms with Gasteiger partial charge in [0.15, 0.2) is 0 Å². The number of carbonyl (C=O) groups is 2. The Hall–Kier alpha value is -3.28. The highest BCUT2D eigenvalue weighted by molar-refractivity contribution is 5.89. The maximum atomic E-state index is 12.0. The van der Waals surface area contributed by atoms with E-state index in [1.165, 1.54) is 31.8 Å². The summed E-state index contributed by atoms with van der Waals surface area (Å²) < 4.78 is 15.8. The average molecular weight is 568 g/mol. The average Bonchev–Trinajstić information content (AvgIpc) is 3.00. The minimum absolute atomic E-state index is 0.217. The Balaban J connectivity index is 0.000000410. The van der Waals surface area contributed by atoms with Crippen molar-refractivity contribution in [3.63, 3.8) is 0 Å². The second kappa shape index (κ2) is 21.5. The van der Waals surface area contributed by atoms with E-state index in [0.29, 0.717) is 30.6 Å². The van der Waals surface area contributed by atoms with Gasteiger partial charge in [0.2, 0.25) is 0 Å². The predicted octanol–water partition coefficient (Wildman–Crippen LogP) is 8.59. The first-order chi connectivity index (χ1) is 19.8. The van der Waals surface area contributed by atoms with Gasteiger partial charge in [-0.15, -0.1) is 0 Å². The third-order valence-electron chi connectivity index (χ3n) is 7.15. The highest BCUT2D eigenvalue weighted by atomic mass is 16.5. The molecule has 0 aromatic heterocycles. The molecular formula is C35H53NO5. The van der Waals surface area contributed by atoms with Crippen molar-refractivity contribution in [2.45, 2.75) is 79.1 Å². The molecule has 2 atom stereocenters. The van der Waals surface area contributed by atoms with E-state index in [4.69, 9.17) is 14.2 Å². The maximum Gasteiger partial charge on any atom is 0.338 e. The van der Waals surface area contributed by atoms with Crippen molar-refractivity contribution in [3.05, 3.63) is 65.7 Å². The molecule has 2 aromatic rings. The van der Waals surface area contributed by atoms with Gasteiger partial charge < -0.3 is 19.1 Å². The van der Waals surface area contributed by atoms with Gasteiger partial charge in [-0.05, 0) is 72.7 Å². The minimum atomic E-state index is -0.277. The molecule has 0 aliphatic heterocycles. The number of unbranched alkanes of at least 4 members (excludes halogenated alkanes) is 2. The zero-order valence-electron chi connectivity index (χ0n) is 26.5. The molecule has 0 aliphatic rings. The summed E-state index contributed by atoms with van der Waals surface area (Å²) >= 11 is 0. The Morgan fingerprint density at radius 3 is 1.78 bits per heavy atom. The van der Waals surface area contributed by atoms with Crippen LogP contribution in [-0.4, -0.2) is 46.4 Å². The molecule has 0 aliphatic carbocycles. The van der Waals surface area contributed by atoms with Crippen LogP contribution in [0.2, 0.25) is 0 Å². The van der Waals surface area contributed by atoms with E-state index >= 15 is 0 Å². The second-order valence-electron chi connectivity index (χ2n) is 10.6. The lowest BCUT2D eigenvalue weighted by atomic mass is 10.0. The molecule has 0 fully saturated rings. The normalized spacial score (nSPS) is 12.2. The first-order valence-electron chi connectivity index (χ1n) is 15.2.